The van der Waals surface area contributed by atoms with Gasteiger partial charge in [-0.2, -0.15) is 0 Å². The summed E-state index contributed by atoms with van der Waals surface area (Å²) in [6, 6.07) is 11.1. The quantitative estimate of drug-likeness (QED) is 0.434. The number of imidazole rings is 1. The number of anilines is 1. The van der Waals surface area contributed by atoms with E-state index in [0.717, 1.165) is 16.8 Å². The molecule has 1 aromatic carbocycles. The van der Waals surface area contributed by atoms with Gasteiger partial charge in [0.25, 0.3) is 5.91 Å². The van der Waals surface area contributed by atoms with Crippen LogP contribution in [0.4, 0.5) is 5.69 Å². The molecule has 0 fully saturated rings. The molecule has 9 heteroatoms. The highest BCUT2D eigenvalue weighted by molar-refractivity contribution is 7.85. The number of hydrogen-bond donors (Lipinski definition) is 3. The number of H-pyrrole nitrogens is 1. The van der Waals surface area contributed by atoms with Crippen LogP contribution in [0, 0.1) is 0 Å². The Morgan fingerprint density at radius 3 is 2.76 bits per heavy atom. The Labute approximate surface area is 169 Å². The molecular formula is C20H19N5O3S. The fourth-order valence-corrected chi connectivity index (χ4v) is 3.43. The smallest absolute Gasteiger partial charge is 0.253 e. The number of hydrogen-bond acceptors (Lipinski definition) is 5. The van der Waals surface area contributed by atoms with Crippen LogP contribution in [0.5, 0.6) is 0 Å². The van der Waals surface area contributed by atoms with E-state index in [1.54, 1.807) is 37.1 Å². The number of amides is 1. The Morgan fingerprint density at radius 2 is 2.03 bits per heavy atom. The lowest BCUT2D eigenvalue weighted by atomic mass is 10.1. The Bertz CT molecular complexity index is 1150. The molecule has 0 aliphatic carbocycles. The van der Waals surface area contributed by atoms with E-state index in [9.17, 15) is 9.00 Å². The Hall–Kier alpha value is -3.46. The van der Waals surface area contributed by atoms with Crippen molar-refractivity contribution in [2.45, 2.75) is 6.42 Å². The highest BCUT2D eigenvalue weighted by Gasteiger charge is 2.15. The summed E-state index contributed by atoms with van der Waals surface area (Å²) in [6.07, 6.45) is 6.97. The molecule has 3 N–H and O–H groups in total. The van der Waals surface area contributed by atoms with Crippen molar-refractivity contribution in [3.8, 4) is 11.4 Å². The van der Waals surface area contributed by atoms with E-state index < -0.39 is 11.0 Å². The van der Waals surface area contributed by atoms with E-state index in [4.69, 9.17) is 4.42 Å². The molecule has 0 bridgehead atoms. The predicted molar refractivity (Wildman–Crippen MR) is 112 cm³/mol. The van der Waals surface area contributed by atoms with Gasteiger partial charge >= 0.3 is 0 Å². The molecule has 148 valence electrons. The molecule has 1 atom stereocenters. The molecule has 0 spiro atoms. The molecule has 29 heavy (non-hydrogen) atoms. The first-order chi connectivity index (χ1) is 14.1. The van der Waals surface area contributed by atoms with Crippen molar-refractivity contribution in [1.82, 2.24) is 20.3 Å². The summed E-state index contributed by atoms with van der Waals surface area (Å²) in [5, 5.41) is 2.93. The fraction of sp³-hybridized carbons (Fsp3) is 0.150. The fourth-order valence-electron chi connectivity index (χ4n) is 2.96. The van der Waals surface area contributed by atoms with Crippen LogP contribution in [0.15, 0.2) is 59.5 Å². The Balaban J connectivity index is 1.42. The molecule has 0 aliphatic rings. The largest absolute Gasteiger partial charge is 0.472 e. The number of fused-ring (bicyclic) bond motifs is 1. The van der Waals surface area contributed by atoms with Gasteiger partial charge in [-0.25, -0.2) is 14.2 Å². The van der Waals surface area contributed by atoms with Gasteiger partial charge in [-0.05, 0) is 36.2 Å². The van der Waals surface area contributed by atoms with Gasteiger partial charge in [0.05, 0.1) is 22.9 Å². The summed E-state index contributed by atoms with van der Waals surface area (Å²) >= 11 is 0. The van der Waals surface area contributed by atoms with E-state index in [-0.39, 0.29) is 5.91 Å². The predicted octanol–water partition coefficient (Wildman–Crippen LogP) is 2.90. The highest BCUT2D eigenvalue weighted by Crippen LogP contribution is 2.21. The van der Waals surface area contributed by atoms with E-state index in [2.05, 4.69) is 25.0 Å². The number of pyridine rings is 1. The van der Waals surface area contributed by atoms with E-state index in [1.165, 1.54) is 0 Å². The van der Waals surface area contributed by atoms with Crippen LogP contribution in [-0.2, 0) is 17.4 Å². The van der Waals surface area contributed by atoms with Crippen molar-refractivity contribution in [2.24, 2.45) is 0 Å². The van der Waals surface area contributed by atoms with Crippen LogP contribution in [0.2, 0.25) is 0 Å². The average Bonchev–Trinajstić information content (AvgIpc) is 3.38. The molecule has 1 unspecified atom stereocenters. The Morgan fingerprint density at radius 1 is 1.21 bits per heavy atom. The monoisotopic (exact) mass is 409 g/mol. The lowest BCUT2D eigenvalue weighted by Crippen LogP contribution is -2.26. The second-order valence-electron chi connectivity index (χ2n) is 6.41. The Kier molecular flexibility index (Phi) is 5.39. The number of nitrogens with one attached hydrogen (secondary N) is 3. The van der Waals surface area contributed by atoms with Crippen molar-refractivity contribution >= 4 is 33.7 Å². The molecule has 0 aliphatic heterocycles. The van der Waals surface area contributed by atoms with Gasteiger partial charge in [-0.3, -0.25) is 4.79 Å². The summed E-state index contributed by atoms with van der Waals surface area (Å²) < 4.78 is 19.1. The van der Waals surface area contributed by atoms with Crippen molar-refractivity contribution in [1.29, 1.82) is 0 Å². The minimum Gasteiger partial charge on any atom is -0.472 e. The normalized spacial score (nSPS) is 12.0. The minimum atomic E-state index is -1.10. The molecule has 1 amide bonds. The van der Waals surface area contributed by atoms with Crippen LogP contribution in [0.3, 0.4) is 0 Å². The van der Waals surface area contributed by atoms with Gasteiger partial charge < -0.3 is 19.4 Å². The molecule has 3 aromatic heterocycles. The summed E-state index contributed by atoms with van der Waals surface area (Å²) in [4.78, 5) is 24.5. The number of benzene rings is 1. The maximum Gasteiger partial charge on any atom is 0.253 e. The number of aromatic nitrogens is 3. The third-order valence-corrected chi connectivity index (χ3v) is 4.87. The first-order valence-electron chi connectivity index (χ1n) is 8.94. The van der Waals surface area contributed by atoms with Crippen LogP contribution < -0.4 is 10.0 Å². The molecule has 4 aromatic rings. The third kappa shape index (κ3) is 4.35. The maximum atomic E-state index is 12.7. The van der Waals surface area contributed by atoms with E-state index in [1.807, 2.05) is 24.3 Å². The van der Waals surface area contributed by atoms with Crippen molar-refractivity contribution < 1.29 is 13.4 Å². The number of furan rings is 1. The maximum absolute atomic E-state index is 12.7. The summed E-state index contributed by atoms with van der Waals surface area (Å²) in [7, 11) is -1.10. The van der Waals surface area contributed by atoms with E-state index in [0.29, 0.717) is 35.5 Å². The lowest BCUT2D eigenvalue weighted by molar-refractivity contribution is 0.0955. The van der Waals surface area contributed by atoms with E-state index >= 15 is 0 Å². The van der Waals surface area contributed by atoms with Crippen LogP contribution >= 0.6 is 0 Å². The minimum absolute atomic E-state index is 0.195. The van der Waals surface area contributed by atoms with Gasteiger partial charge in [-0.1, -0.05) is 12.1 Å². The number of nitrogens with zero attached hydrogens (tertiary/aromatic N) is 2. The first-order valence-corrected chi connectivity index (χ1v) is 10.5. The molecule has 0 radical (unpaired) electrons. The molecule has 3 heterocycles. The van der Waals surface area contributed by atoms with Crippen LogP contribution in [-0.4, -0.2) is 37.9 Å². The summed E-state index contributed by atoms with van der Waals surface area (Å²) in [6.45, 7) is 0.484. The number of rotatable bonds is 7. The zero-order chi connectivity index (χ0) is 20.2. The van der Waals surface area contributed by atoms with Gasteiger partial charge in [-0.15, -0.1) is 0 Å². The second-order valence-corrected chi connectivity index (χ2v) is 7.53. The molecule has 0 saturated carbocycles. The van der Waals surface area contributed by atoms with Crippen molar-refractivity contribution in [2.75, 3.05) is 17.5 Å². The van der Waals surface area contributed by atoms with Gasteiger partial charge in [0, 0.05) is 24.7 Å². The lowest BCUT2D eigenvalue weighted by Gasteiger charge is -2.07. The molecule has 0 saturated heterocycles. The first kappa shape index (κ1) is 18.9. The van der Waals surface area contributed by atoms with Crippen LogP contribution in [0.1, 0.15) is 15.9 Å². The van der Waals surface area contributed by atoms with Crippen molar-refractivity contribution in [3.63, 3.8) is 0 Å². The summed E-state index contributed by atoms with van der Waals surface area (Å²) in [5.74, 6) is 0.405. The zero-order valence-electron chi connectivity index (χ0n) is 15.6. The molecule has 8 nitrogen and oxygen atoms in total. The standard InChI is InChI=1S/C20H19N5O3S/c1-29(27)25-15-4-2-13(3-5-15)6-9-22-20(26)16-7-10-21-19-17(16)23-18(24-19)14-8-11-28-12-14/h2-5,7-8,10-12,25H,6,9H2,1H3,(H,22,26)(H,21,23,24). The number of aromatic amines is 1. The summed E-state index contributed by atoms with van der Waals surface area (Å²) in [5.41, 5.74) is 4.21. The molecule has 4 rings (SSSR count). The molecular weight excluding hydrogens is 390 g/mol. The number of carbonyl (C=O) groups excluding carboxylic acids is 1. The van der Waals surface area contributed by atoms with Gasteiger partial charge in [0.2, 0.25) is 0 Å². The van der Waals surface area contributed by atoms with Gasteiger partial charge in [0.1, 0.15) is 23.1 Å². The number of carbonyl (C=O) groups is 1. The third-order valence-electron chi connectivity index (χ3n) is 4.35. The average molecular weight is 409 g/mol. The highest BCUT2D eigenvalue weighted by atomic mass is 32.2. The van der Waals surface area contributed by atoms with Crippen molar-refractivity contribution in [3.05, 3.63) is 66.2 Å². The SMILES string of the molecule is CS(=O)Nc1ccc(CCNC(=O)c2ccnc3nc(-c4ccoc4)[nH]c23)cc1. The second kappa shape index (κ2) is 8.27. The van der Waals surface area contributed by atoms with Crippen LogP contribution in [0.25, 0.3) is 22.6 Å². The topological polar surface area (TPSA) is 113 Å². The zero-order valence-corrected chi connectivity index (χ0v) is 16.5. The van der Waals surface area contributed by atoms with Gasteiger partial charge in [0.15, 0.2) is 5.65 Å².